The molecular formula is C17H23N5OS. The number of aromatic nitrogens is 2. The number of carbonyl (C=O) groups is 1. The molecule has 1 aliphatic heterocycles. The molecule has 2 aromatic heterocycles. The Balaban J connectivity index is 1.41. The fourth-order valence-corrected chi connectivity index (χ4v) is 3.59. The minimum absolute atomic E-state index is 0.0123. The first-order valence-electron chi connectivity index (χ1n) is 8.20. The number of nitrogens with one attached hydrogen (secondary N) is 2. The van der Waals surface area contributed by atoms with Crippen molar-refractivity contribution in [1.82, 2.24) is 14.9 Å². The molecule has 0 aromatic carbocycles. The molecule has 24 heavy (non-hydrogen) atoms. The molecule has 1 amide bonds. The molecule has 1 saturated heterocycles. The van der Waals surface area contributed by atoms with Crippen LogP contribution >= 0.6 is 11.3 Å². The normalized spacial score (nSPS) is 17.8. The smallest absolute Gasteiger partial charge is 0.240 e. The van der Waals surface area contributed by atoms with Gasteiger partial charge < -0.3 is 10.6 Å². The summed E-state index contributed by atoms with van der Waals surface area (Å²) >= 11 is 1.46. The summed E-state index contributed by atoms with van der Waals surface area (Å²) in [5.74, 6) is 1.48. The molecule has 3 heterocycles. The third-order valence-electron chi connectivity index (χ3n) is 4.06. The maximum atomic E-state index is 12.1. The van der Waals surface area contributed by atoms with Gasteiger partial charge in [0.25, 0.3) is 0 Å². The first-order valence-corrected chi connectivity index (χ1v) is 9.08. The third kappa shape index (κ3) is 4.75. The Bertz CT molecular complexity index is 702. The highest BCUT2D eigenvalue weighted by atomic mass is 32.1. The van der Waals surface area contributed by atoms with E-state index < -0.39 is 0 Å². The van der Waals surface area contributed by atoms with E-state index in [4.69, 9.17) is 0 Å². The van der Waals surface area contributed by atoms with Crippen molar-refractivity contribution in [2.75, 3.05) is 36.8 Å². The summed E-state index contributed by atoms with van der Waals surface area (Å²) in [7, 11) is 0. The van der Waals surface area contributed by atoms with E-state index in [9.17, 15) is 4.79 Å². The van der Waals surface area contributed by atoms with Crippen LogP contribution in [-0.2, 0) is 4.79 Å². The number of nitrogens with zero attached hydrogens (tertiary/aromatic N) is 3. The van der Waals surface area contributed by atoms with E-state index in [1.165, 1.54) is 11.3 Å². The molecule has 0 radical (unpaired) electrons. The average Bonchev–Trinajstić information content (AvgIpc) is 3.14. The number of pyridine rings is 1. The Morgan fingerprint density at radius 1 is 1.33 bits per heavy atom. The SMILES string of the molecule is Cc1cccc(NC[C@H]2CCN(CC(=O)Nc3nc(C)cs3)C2)n1. The maximum Gasteiger partial charge on any atom is 0.240 e. The number of likely N-dealkylation sites (tertiary alicyclic amines) is 1. The fourth-order valence-electron chi connectivity index (χ4n) is 2.89. The van der Waals surface area contributed by atoms with Gasteiger partial charge in [-0.2, -0.15) is 0 Å². The molecule has 0 saturated carbocycles. The van der Waals surface area contributed by atoms with E-state index in [0.717, 1.165) is 43.3 Å². The predicted octanol–water partition coefficient (Wildman–Crippen LogP) is 2.53. The van der Waals surface area contributed by atoms with Gasteiger partial charge in [-0.25, -0.2) is 9.97 Å². The lowest BCUT2D eigenvalue weighted by Gasteiger charge is -2.15. The van der Waals surface area contributed by atoms with Crippen LogP contribution in [0, 0.1) is 19.8 Å². The van der Waals surface area contributed by atoms with Crippen molar-refractivity contribution in [2.45, 2.75) is 20.3 Å². The second-order valence-electron chi connectivity index (χ2n) is 6.28. The molecule has 128 valence electrons. The molecule has 3 rings (SSSR count). The van der Waals surface area contributed by atoms with Crippen LogP contribution in [0.15, 0.2) is 23.6 Å². The minimum Gasteiger partial charge on any atom is -0.370 e. The molecule has 7 heteroatoms. The average molecular weight is 345 g/mol. The fraction of sp³-hybridized carbons (Fsp3) is 0.471. The van der Waals surface area contributed by atoms with Crippen molar-refractivity contribution in [3.63, 3.8) is 0 Å². The zero-order valence-electron chi connectivity index (χ0n) is 14.1. The van der Waals surface area contributed by atoms with Crippen LogP contribution in [0.5, 0.6) is 0 Å². The Morgan fingerprint density at radius 2 is 2.21 bits per heavy atom. The van der Waals surface area contributed by atoms with E-state index in [1.807, 2.05) is 37.4 Å². The Kier molecular flexibility index (Phi) is 5.42. The van der Waals surface area contributed by atoms with Gasteiger partial charge in [0.1, 0.15) is 5.82 Å². The Morgan fingerprint density at radius 3 is 2.96 bits per heavy atom. The summed E-state index contributed by atoms with van der Waals surface area (Å²) < 4.78 is 0. The molecular weight excluding hydrogens is 322 g/mol. The van der Waals surface area contributed by atoms with Crippen LogP contribution in [0.4, 0.5) is 10.9 Å². The molecule has 1 fully saturated rings. The zero-order valence-corrected chi connectivity index (χ0v) is 14.9. The molecule has 6 nitrogen and oxygen atoms in total. The first-order chi connectivity index (χ1) is 11.6. The number of amides is 1. The van der Waals surface area contributed by atoms with Crippen molar-refractivity contribution < 1.29 is 4.79 Å². The second kappa shape index (κ2) is 7.72. The number of hydrogen-bond donors (Lipinski definition) is 2. The topological polar surface area (TPSA) is 70.2 Å². The van der Waals surface area contributed by atoms with Crippen LogP contribution in [-0.4, -0.2) is 47.0 Å². The minimum atomic E-state index is 0.0123. The monoisotopic (exact) mass is 345 g/mol. The maximum absolute atomic E-state index is 12.1. The van der Waals surface area contributed by atoms with Gasteiger partial charge in [-0.3, -0.25) is 9.69 Å². The summed E-state index contributed by atoms with van der Waals surface area (Å²) in [6, 6.07) is 5.99. The highest BCUT2D eigenvalue weighted by Gasteiger charge is 2.24. The summed E-state index contributed by atoms with van der Waals surface area (Å²) in [6.45, 7) is 7.12. The van der Waals surface area contributed by atoms with E-state index >= 15 is 0 Å². The van der Waals surface area contributed by atoms with Gasteiger partial charge in [0.2, 0.25) is 5.91 Å². The van der Waals surface area contributed by atoms with Crippen molar-refractivity contribution >= 4 is 28.2 Å². The van der Waals surface area contributed by atoms with Gasteiger partial charge in [0.15, 0.2) is 5.13 Å². The van der Waals surface area contributed by atoms with Crippen molar-refractivity contribution in [3.05, 3.63) is 35.0 Å². The van der Waals surface area contributed by atoms with Crippen LogP contribution in [0.2, 0.25) is 0 Å². The summed E-state index contributed by atoms with van der Waals surface area (Å²) in [5.41, 5.74) is 1.95. The molecule has 1 atom stereocenters. The molecule has 2 N–H and O–H groups in total. The third-order valence-corrected chi connectivity index (χ3v) is 4.94. The van der Waals surface area contributed by atoms with Crippen molar-refractivity contribution in [3.8, 4) is 0 Å². The second-order valence-corrected chi connectivity index (χ2v) is 7.14. The summed E-state index contributed by atoms with van der Waals surface area (Å²) in [4.78, 5) is 23.0. The van der Waals surface area contributed by atoms with E-state index in [-0.39, 0.29) is 5.91 Å². The quantitative estimate of drug-likeness (QED) is 0.842. The molecule has 2 aromatic rings. The molecule has 0 spiro atoms. The highest BCUT2D eigenvalue weighted by Crippen LogP contribution is 2.18. The Labute approximate surface area is 146 Å². The number of hydrogen-bond acceptors (Lipinski definition) is 6. The van der Waals surface area contributed by atoms with Gasteiger partial charge in [-0.05, 0) is 44.9 Å². The lowest BCUT2D eigenvalue weighted by Crippen LogP contribution is -2.32. The largest absolute Gasteiger partial charge is 0.370 e. The van der Waals surface area contributed by atoms with Crippen LogP contribution in [0.25, 0.3) is 0 Å². The highest BCUT2D eigenvalue weighted by molar-refractivity contribution is 7.13. The molecule has 0 bridgehead atoms. The first kappa shape index (κ1) is 16.9. The number of aryl methyl sites for hydroxylation is 2. The van der Waals surface area contributed by atoms with Gasteiger partial charge in [-0.15, -0.1) is 11.3 Å². The Hall–Kier alpha value is -1.99. The van der Waals surface area contributed by atoms with Crippen LogP contribution in [0.3, 0.4) is 0 Å². The van der Waals surface area contributed by atoms with E-state index in [0.29, 0.717) is 17.6 Å². The van der Waals surface area contributed by atoms with Gasteiger partial charge >= 0.3 is 0 Å². The predicted molar refractivity (Wildman–Crippen MR) is 97.5 cm³/mol. The number of anilines is 2. The lowest BCUT2D eigenvalue weighted by molar-refractivity contribution is -0.117. The standard InChI is InChI=1S/C17H23N5OS/c1-12-4-3-5-15(19-12)18-8-14-6-7-22(9-14)10-16(23)21-17-20-13(2)11-24-17/h3-5,11,14H,6-10H2,1-2H3,(H,18,19)(H,20,21,23)/t14-/m1/s1. The summed E-state index contributed by atoms with van der Waals surface area (Å²) in [6.07, 6.45) is 1.10. The molecule has 0 aliphatic carbocycles. The number of carbonyl (C=O) groups excluding carboxylic acids is 1. The lowest BCUT2D eigenvalue weighted by atomic mass is 10.1. The van der Waals surface area contributed by atoms with E-state index in [1.54, 1.807) is 0 Å². The van der Waals surface area contributed by atoms with Crippen LogP contribution < -0.4 is 10.6 Å². The zero-order chi connectivity index (χ0) is 16.9. The van der Waals surface area contributed by atoms with Gasteiger partial charge in [0, 0.05) is 24.2 Å². The van der Waals surface area contributed by atoms with Crippen molar-refractivity contribution in [2.24, 2.45) is 5.92 Å². The number of rotatable bonds is 6. The van der Waals surface area contributed by atoms with Gasteiger partial charge in [0.05, 0.1) is 12.2 Å². The van der Waals surface area contributed by atoms with E-state index in [2.05, 4.69) is 25.5 Å². The number of thiazole rings is 1. The van der Waals surface area contributed by atoms with Crippen LogP contribution in [0.1, 0.15) is 17.8 Å². The molecule has 0 unspecified atom stereocenters. The molecule has 1 aliphatic rings. The summed E-state index contributed by atoms with van der Waals surface area (Å²) in [5, 5.41) is 8.88. The van der Waals surface area contributed by atoms with Gasteiger partial charge in [-0.1, -0.05) is 6.07 Å². The van der Waals surface area contributed by atoms with Crippen molar-refractivity contribution in [1.29, 1.82) is 0 Å².